The van der Waals surface area contributed by atoms with Gasteiger partial charge >= 0.3 is 5.63 Å². The molecular formula is C12H10O4. The van der Waals surface area contributed by atoms with Gasteiger partial charge in [-0.15, -0.1) is 0 Å². The Morgan fingerprint density at radius 3 is 3.06 bits per heavy atom. The van der Waals surface area contributed by atoms with Gasteiger partial charge in [0.2, 0.25) is 6.29 Å². The van der Waals surface area contributed by atoms with Crippen molar-refractivity contribution in [3.05, 3.63) is 39.7 Å². The van der Waals surface area contributed by atoms with Crippen LogP contribution in [-0.2, 0) is 6.42 Å². The van der Waals surface area contributed by atoms with E-state index in [-0.39, 0.29) is 6.42 Å². The molecular weight excluding hydrogens is 208 g/mol. The summed E-state index contributed by atoms with van der Waals surface area (Å²) in [6.45, 7) is 1.86. The summed E-state index contributed by atoms with van der Waals surface area (Å²) in [6, 6.07) is 5.55. The first-order valence-corrected chi connectivity index (χ1v) is 5.07. The highest BCUT2D eigenvalue weighted by molar-refractivity contribution is 5.87. The first-order valence-electron chi connectivity index (χ1n) is 5.07. The maximum atomic E-state index is 11.7. The van der Waals surface area contributed by atoms with Gasteiger partial charge in [0.1, 0.15) is 11.3 Å². The minimum absolute atomic E-state index is 0.196. The molecule has 1 unspecified atom stereocenters. The van der Waals surface area contributed by atoms with E-state index in [2.05, 4.69) is 0 Å². The number of aryl methyl sites for hydroxylation is 1. The second-order valence-electron chi connectivity index (χ2n) is 3.93. The van der Waals surface area contributed by atoms with Crippen molar-refractivity contribution in [2.75, 3.05) is 0 Å². The Labute approximate surface area is 91.1 Å². The molecule has 1 aromatic carbocycles. The van der Waals surface area contributed by atoms with E-state index in [1.807, 2.05) is 25.1 Å². The van der Waals surface area contributed by atoms with Gasteiger partial charge in [-0.3, -0.25) is 0 Å². The third kappa shape index (κ3) is 1.17. The first kappa shape index (κ1) is 9.42. The van der Waals surface area contributed by atoms with Crippen LogP contribution in [0, 0.1) is 6.92 Å². The molecule has 1 aliphatic heterocycles. The van der Waals surface area contributed by atoms with E-state index < -0.39 is 11.9 Å². The number of rotatable bonds is 0. The molecule has 2 heterocycles. The van der Waals surface area contributed by atoms with E-state index in [0.29, 0.717) is 16.9 Å². The minimum Gasteiger partial charge on any atom is -0.463 e. The third-order valence-electron chi connectivity index (χ3n) is 2.80. The van der Waals surface area contributed by atoms with E-state index in [9.17, 15) is 9.90 Å². The lowest BCUT2D eigenvalue weighted by Crippen LogP contribution is -2.11. The summed E-state index contributed by atoms with van der Waals surface area (Å²) in [5.41, 5.74) is 1.40. The van der Waals surface area contributed by atoms with Gasteiger partial charge in [0.25, 0.3) is 0 Å². The molecule has 4 heteroatoms. The number of ether oxygens (including phenoxy) is 1. The lowest BCUT2D eigenvalue weighted by atomic mass is 10.1. The highest BCUT2D eigenvalue weighted by Gasteiger charge is 2.27. The van der Waals surface area contributed by atoms with Crippen molar-refractivity contribution in [3.63, 3.8) is 0 Å². The van der Waals surface area contributed by atoms with Gasteiger partial charge in [-0.25, -0.2) is 4.79 Å². The largest absolute Gasteiger partial charge is 0.463 e. The number of fused-ring (bicyclic) bond motifs is 3. The zero-order valence-electron chi connectivity index (χ0n) is 8.69. The molecule has 1 N–H and O–H groups in total. The Balaban J connectivity index is 2.46. The van der Waals surface area contributed by atoms with Crippen LogP contribution >= 0.6 is 0 Å². The smallest absolute Gasteiger partial charge is 0.343 e. The number of aliphatic hydroxyl groups is 1. The lowest BCUT2D eigenvalue weighted by molar-refractivity contribution is 0.00300. The molecule has 1 atom stereocenters. The number of benzene rings is 1. The lowest BCUT2D eigenvalue weighted by Gasteiger charge is -2.05. The predicted molar refractivity (Wildman–Crippen MR) is 57.6 cm³/mol. The van der Waals surface area contributed by atoms with E-state index in [1.165, 1.54) is 0 Å². The average Bonchev–Trinajstić information content (AvgIpc) is 2.63. The average molecular weight is 218 g/mol. The predicted octanol–water partition coefficient (Wildman–Crippen LogP) is 1.35. The summed E-state index contributed by atoms with van der Waals surface area (Å²) in [6.07, 6.45) is -0.745. The monoisotopic (exact) mass is 218 g/mol. The SMILES string of the molecule is Cc1cccc2c3c(c(=O)oc12)CC(O)O3. The maximum Gasteiger partial charge on any atom is 0.343 e. The third-order valence-corrected chi connectivity index (χ3v) is 2.80. The Hall–Kier alpha value is -1.81. The van der Waals surface area contributed by atoms with Crippen LogP contribution in [0.2, 0.25) is 0 Å². The molecule has 0 bridgehead atoms. The molecule has 3 rings (SSSR count). The molecule has 0 saturated carbocycles. The Morgan fingerprint density at radius 1 is 1.44 bits per heavy atom. The van der Waals surface area contributed by atoms with E-state index in [1.54, 1.807) is 0 Å². The minimum atomic E-state index is -0.941. The van der Waals surface area contributed by atoms with Gasteiger partial charge in [-0.2, -0.15) is 0 Å². The van der Waals surface area contributed by atoms with Gasteiger partial charge in [-0.05, 0) is 18.6 Å². The van der Waals surface area contributed by atoms with Crippen LogP contribution in [0.15, 0.2) is 27.4 Å². The fourth-order valence-electron chi connectivity index (χ4n) is 2.04. The van der Waals surface area contributed by atoms with Gasteiger partial charge < -0.3 is 14.3 Å². The molecule has 0 radical (unpaired) electrons. The number of hydrogen-bond acceptors (Lipinski definition) is 4. The van der Waals surface area contributed by atoms with E-state index >= 15 is 0 Å². The Morgan fingerprint density at radius 2 is 2.25 bits per heavy atom. The van der Waals surface area contributed by atoms with Gasteiger partial charge in [0.15, 0.2) is 0 Å². The summed E-state index contributed by atoms with van der Waals surface area (Å²) in [5.74, 6) is 0.461. The molecule has 2 aromatic rings. The molecule has 0 aliphatic carbocycles. The summed E-state index contributed by atoms with van der Waals surface area (Å²) in [4.78, 5) is 11.7. The van der Waals surface area contributed by atoms with E-state index in [0.717, 1.165) is 10.9 Å². The van der Waals surface area contributed by atoms with Crippen molar-refractivity contribution in [1.82, 2.24) is 0 Å². The fourth-order valence-corrected chi connectivity index (χ4v) is 2.04. The van der Waals surface area contributed by atoms with Crippen molar-refractivity contribution in [3.8, 4) is 5.75 Å². The summed E-state index contributed by atoms with van der Waals surface area (Å²) >= 11 is 0. The van der Waals surface area contributed by atoms with Crippen molar-refractivity contribution in [2.24, 2.45) is 0 Å². The zero-order valence-corrected chi connectivity index (χ0v) is 8.69. The zero-order chi connectivity index (χ0) is 11.3. The van der Waals surface area contributed by atoms with E-state index in [4.69, 9.17) is 9.15 Å². The van der Waals surface area contributed by atoms with Crippen LogP contribution in [0.1, 0.15) is 11.1 Å². The fraction of sp³-hybridized carbons (Fsp3) is 0.250. The quantitative estimate of drug-likeness (QED) is 0.678. The molecule has 16 heavy (non-hydrogen) atoms. The molecule has 0 saturated heterocycles. The van der Waals surface area contributed by atoms with Crippen LogP contribution in [-0.4, -0.2) is 11.4 Å². The van der Waals surface area contributed by atoms with Gasteiger partial charge in [0, 0.05) is 6.42 Å². The number of para-hydroxylation sites is 1. The van der Waals surface area contributed by atoms with Crippen molar-refractivity contribution in [1.29, 1.82) is 0 Å². The molecule has 4 nitrogen and oxygen atoms in total. The van der Waals surface area contributed by atoms with Crippen LogP contribution in [0.5, 0.6) is 5.75 Å². The van der Waals surface area contributed by atoms with Crippen LogP contribution < -0.4 is 10.4 Å². The molecule has 1 aromatic heterocycles. The van der Waals surface area contributed by atoms with Crippen LogP contribution in [0.25, 0.3) is 11.0 Å². The second-order valence-corrected chi connectivity index (χ2v) is 3.93. The van der Waals surface area contributed by atoms with Crippen LogP contribution in [0.4, 0.5) is 0 Å². The second kappa shape index (κ2) is 3.09. The molecule has 82 valence electrons. The number of aliphatic hydroxyl groups excluding tert-OH is 1. The van der Waals surface area contributed by atoms with Gasteiger partial charge in [0.05, 0.1) is 10.9 Å². The standard InChI is InChI=1S/C12H10O4/c1-6-3-2-4-7-10(6)16-12(14)8-5-9(13)15-11(7)8/h2-4,9,13H,5H2,1H3. The Bertz CT molecular complexity index is 627. The normalized spacial score (nSPS) is 18.5. The molecule has 0 spiro atoms. The van der Waals surface area contributed by atoms with Crippen molar-refractivity contribution >= 4 is 11.0 Å². The van der Waals surface area contributed by atoms with Crippen molar-refractivity contribution in [2.45, 2.75) is 19.6 Å². The molecule has 0 fully saturated rings. The maximum absolute atomic E-state index is 11.7. The first-order chi connectivity index (χ1) is 7.66. The molecule has 0 amide bonds. The Kier molecular flexibility index (Phi) is 1.82. The van der Waals surface area contributed by atoms with Gasteiger partial charge in [-0.1, -0.05) is 12.1 Å². The summed E-state index contributed by atoms with van der Waals surface area (Å²) in [5, 5.41) is 10.1. The highest BCUT2D eigenvalue weighted by atomic mass is 16.6. The number of hydrogen-bond donors (Lipinski definition) is 1. The van der Waals surface area contributed by atoms with Crippen molar-refractivity contribution < 1.29 is 14.3 Å². The summed E-state index contributed by atoms with van der Waals surface area (Å²) in [7, 11) is 0. The van der Waals surface area contributed by atoms with Crippen LogP contribution in [0.3, 0.4) is 0 Å². The molecule has 1 aliphatic rings. The summed E-state index contributed by atoms with van der Waals surface area (Å²) < 4.78 is 10.5. The topological polar surface area (TPSA) is 59.7 Å². The highest BCUT2D eigenvalue weighted by Crippen LogP contribution is 2.34.